The third-order valence-corrected chi connectivity index (χ3v) is 8.72. The van der Waals surface area contributed by atoms with E-state index in [1.165, 1.54) is 6.07 Å². The van der Waals surface area contributed by atoms with Crippen LogP contribution < -0.4 is 0 Å². The number of nitrogens with zero attached hydrogens (tertiary/aromatic N) is 6. The van der Waals surface area contributed by atoms with Crippen molar-refractivity contribution < 1.29 is 46.8 Å². The van der Waals surface area contributed by atoms with Gasteiger partial charge in [-0.2, -0.15) is 8.42 Å². The summed E-state index contributed by atoms with van der Waals surface area (Å²) in [5.74, 6) is 1.60. The molecule has 2 aliphatic rings. The molecule has 2 radical (unpaired) electrons. The van der Waals surface area contributed by atoms with Gasteiger partial charge in [-0.15, -0.1) is 0 Å². The molecule has 9 rings (SSSR count). The molecule has 11 nitrogen and oxygen atoms in total. The van der Waals surface area contributed by atoms with Crippen LogP contribution in [0.1, 0.15) is 0 Å². The Kier molecular flexibility index (Phi) is 7.08. The van der Waals surface area contributed by atoms with Gasteiger partial charge in [-0.05, 0) is 6.07 Å². The van der Waals surface area contributed by atoms with Crippen LogP contribution in [0.5, 0.6) is 0 Å². The van der Waals surface area contributed by atoms with Crippen molar-refractivity contribution in [1.82, 2.24) is 39.9 Å². The molecule has 5 heterocycles. The van der Waals surface area contributed by atoms with Crippen LogP contribution >= 0.6 is 0 Å². The predicted octanol–water partition coefficient (Wildman–Crippen LogP) is 6.11. The Hall–Kier alpha value is -4.82. The van der Waals surface area contributed by atoms with E-state index in [-0.39, 0.29) is 49.8 Å². The summed E-state index contributed by atoms with van der Waals surface area (Å²) >= 11 is 0. The van der Waals surface area contributed by atoms with Crippen molar-refractivity contribution >= 4 is 54.3 Å². The van der Waals surface area contributed by atoms with Crippen LogP contribution in [0.3, 0.4) is 0 Å². The van der Waals surface area contributed by atoms with Crippen LogP contribution in [-0.4, -0.2) is 52.8 Å². The predicted molar refractivity (Wildman–Crippen MR) is 166 cm³/mol. The summed E-state index contributed by atoms with van der Waals surface area (Å²) < 4.78 is 35.2. The molecule has 46 heavy (non-hydrogen) atoms. The van der Waals surface area contributed by atoms with E-state index in [1.807, 2.05) is 72.8 Å². The quantitative estimate of drug-likeness (QED) is 0.134. The minimum Gasteiger partial charge on any atom is -0.324 e. The van der Waals surface area contributed by atoms with Crippen molar-refractivity contribution in [2.24, 2.45) is 0 Å². The van der Waals surface area contributed by atoms with Crippen LogP contribution in [0.4, 0.5) is 0 Å². The minimum atomic E-state index is -4.62. The number of H-pyrrole nitrogens is 2. The maximum absolute atomic E-state index is 12.5. The molecule has 0 aliphatic carbocycles. The van der Waals surface area contributed by atoms with Crippen molar-refractivity contribution in [2.45, 2.75) is 4.90 Å². The van der Waals surface area contributed by atoms with Gasteiger partial charge in [-0.25, -0.2) is 29.9 Å². The second-order valence-corrected chi connectivity index (χ2v) is 11.8. The van der Waals surface area contributed by atoms with Crippen LogP contribution in [0, 0.1) is 0 Å². The van der Waals surface area contributed by atoms with E-state index >= 15 is 0 Å². The summed E-state index contributed by atoms with van der Waals surface area (Å²) in [6.45, 7) is 0. The zero-order valence-corrected chi connectivity index (χ0v) is 25.9. The fourth-order valence-electron chi connectivity index (χ4n) is 5.87. The first-order chi connectivity index (χ1) is 21.4. The number of rotatable bonds is 1. The third-order valence-electron chi connectivity index (χ3n) is 7.82. The van der Waals surface area contributed by atoms with E-state index in [2.05, 4.69) is 9.97 Å². The Labute approximate surface area is 281 Å². The summed E-state index contributed by atoms with van der Waals surface area (Å²) in [4.78, 5) is 35.4. The van der Waals surface area contributed by atoms with Gasteiger partial charge in [-0.1, -0.05) is 84.9 Å². The molecule has 0 spiro atoms. The molecular weight excluding hydrogens is 699 g/mol. The Morgan fingerprint density at radius 1 is 0.478 bits per heavy atom. The van der Waals surface area contributed by atoms with E-state index in [0.29, 0.717) is 45.6 Å². The monoisotopic (exact) mass is 716 g/mol. The maximum Gasteiger partial charge on any atom is 0.295 e. The molecule has 0 atom stereocenters. The van der Waals surface area contributed by atoms with E-state index in [9.17, 15) is 13.0 Å². The summed E-state index contributed by atoms with van der Waals surface area (Å²) in [6.07, 6.45) is 0. The molecule has 2 aliphatic heterocycles. The summed E-state index contributed by atoms with van der Waals surface area (Å²) in [5.41, 5.74) is 4.68. The topological polar surface area (TPSA) is 163 Å². The van der Waals surface area contributed by atoms with Crippen molar-refractivity contribution in [2.75, 3.05) is 0 Å². The van der Waals surface area contributed by atoms with Crippen LogP contribution in [0.25, 0.3) is 89.7 Å². The van der Waals surface area contributed by atoms with Gasteiger partial charge in [0.25, 0.3) is 10.1 Å². The zero-order valence-electron chi connectivity index (χ0n) is 23.2. The average Bonchev–Trinajstić information content (AvgIpc) is 3.76. The van der Waals surface area contributed by atoms with Gasteiger partial charge in [0.2, 0.25) is 0 Å². The Balaban J connectivity index is 0.00000169. The summed E-state index contributed by atoms with van der Waals surface area (Å²) in [5, 5.41) is 2.36. The van der Waals surface area contributed by atoms with Crippen molar-refractivity contribution in [1.29, 1.82) is 0 Å². The van der Waals surface area contributed by atoms with Crippen molar-refractivity contribution in [3.05, 3.63) is 91.0 Å². The molecule has 0 saturated carbocycles. The number of nitrogens with one attached hydrogen (secondary N) is 2. The molecule has 4 aromatic carbocycles. The third kappa shape index (κ3) is 4.54. The van der Waals surface area contributed by atoms with E-state index < -0.39 is 10.1 Å². The van der Waals surface area contributed by atoms with Gasteiger partial charge in [0, 0.05) is 77.6 Å². The maximum atomic E-state index is 12.5. The Bertz CT molecular complexity index is 2670. The molecule has 3 N–H and O–H groups in total. The normalized spacial score (nSPS) is 11.8. The second-order valence-electron chi connectivity index (χ2n) is 10.4. The number of hydrogen-bond acceptors (Lipinski definition) is 8. The van der Waals surface area contributed by atoms with E-state index in [4.69, 9.17) is 29.9 Å². The molecular formula is C32H18CoCuN8O3S. The number of aromatic amines is 2. The van der Waals surface area contributed by atoms with Crippen LogP contribution in [0.2, 0.25) is 0 Å². The molecule has 8 bridgehead atoms. The number of hydrogen-bond donors (Lipinski definition) is 3. The molecule has 0 unspecified atom stereocenters. The Morgan fingerprint density at radius 2 is 0.848 bits per heavy atom. The van der Waals surface area contributed by atoms with Gasteiger partial charge >= 0.3 is 0 Å². The fourth-order valence-corrected chi connectivity index (χ4v) is 6.59. The SMILES string of the molecule is O=S(=O)(O)c1cccc2c3nc4nc(nc5[nH]c(nc6nc(nc([nH]3)c12)-c1ccccc1-6)c1ccccc51)-c1ccccc1-4.[Co].[Cu]. The average molecular weight is 717 g/mol. The Morgan fingerprint density at radius 3 is 1.30 bits per heavy atom. The van der Waals surface area contributed by atoms with Gasteiger partial charge in [0.1, 0.15) is 27.5 Å². The molecule has 14 heteroatoms. The van der Waals surface area contributed by atoms with Crippen molar-refractivity contribution in [3.63, 3.8) is 0 Å². The molecule has 0 fully saturated rings. The molecule has 0 amide bonds. The summed E-state index contributed by atoms with van der Waals surface area (Å²) in [7, 11) is -4.62. The molecule has 7 aromatic rings. The zero-order chi connectivity index (χ0) is 29.6. The molecule has 3 aromatic heterocycles. The van der Waals surface area contributed by atoms with Gasteiger partial charge in [0.05, 0.1) is 0 Å². The first-order valence-corrected chi connectivity index (χ1v) is 15.1. The van der Waals surface area contributed by atoms with Crippen LogP contribution in [-0.2, 0) is 44.0 Å². The minimum absolute atomic E-state index is 0. The van der Waals surface area contributed by atoms with Gasteiger partial charge in [-0.3, -0.25) is 4.55 Å². The second kappa shape index (κ2) is 10.9. The molecule has 230 valence electrons. The van der Waals surface area contributed by atoms with E-state index in [0.717, 1.165) is 33.0 Å². The number of fused-ring (bicyclic) bond motifs is 20. The summed E-state index contributed by atoms with van der Waals surface area (Å²) in [6, 6.07) is 27.6. The standard InChI is InChI=1S/C32H18N8O3S.Co.Cu/c41-44(42,43)23-15-7-14-22-24(23)32-39-30-21-13-6-5-12-20(21)28(37-30)35-26-17-9-2-1-8-16(17)25(33-26)34-27-18-10-3-4-11-19(18)29(36-27)38-31(22)40-32;;/h1-15H,(H,41,42,43)(H2,33,34,35,36,37,38,39,40);;. The first kappa shape index (κ1) is 29.9. The van der Waals surface area contributed by atoms with Crippen LogP contribution in [0.15, 0.2) is 95.9 Å². The smallest absolute Gasteiger partial charge is 0.295 e. The fraction of sp³-hybridized carbons (Fsp3) is 0. The van der Waals surface area contributed by atoms with Crippen molar-refractivity contribution in [3.8, 4) is 45.6 Å². The molecule has 0 saturated heterocycles. The first-order valence-electron chi connectivity index (χ1n) is 13.6. The number of benzene rings is 4. The van der Waals surface area contributed by atoms with E-state index in [1.54, 1.807) is 12.1 Å². The number of aromatic nitrogens is 8. The van der Waals surface area contributed by atoms with Gasteiger partial charge in [0.15, 0.2) is 23.3 Å². The largest absolute Gasteiger partial charge is 0.324 e. The van der Waals surface area contributed by atoms with Gasteiger partial charge < -0.3 is 9.97 Å².